The molecule has 1 aliphatic rings. The van der Waals surface area contributed by atoms with E-state index >= 15 is 0 Å². The van der Waals surface area contributed by atoms with Crippen molar-refractivity contribution in [3.63, 3.8) is 0 Å². The van der Waals surface area contributed by atoms with Crippen LogP contribution < -0.4 is 5.32 Å². The first-order chi connectivity index (χ1) is 11.9. The average molecular weight is 324 g/mol. The van der Waals surface area contributed by atoms with Crippen molar-refractivity contribution in [1.29, 1.82) is 0 Å². The Morgan fingerprint density at radius 2 is 2.25 bits per heavy atom. The fraction of sp³-hybridized carbons (Fsp3) is 0.312. The highest BCUT2D eigenvalue weighted by Gasteiger charge is 2.18. The van der Waals surface area contributed by atoms with E-state index in [1.165, 1.54) is 6.33 Å². The highest BCUT2D eigenvalue weighted by atomic mass is 16.5. The first-order valence-electron chi connectivity index (χ1n) is 7.80. The Labute approximate surface area is 138 Å². The molecule has 0 aromatic carbocycles. The van der Waals surface area contributed by atoms with Gasteiger partial charge in [-0.25, -0.2) is 9.97 Å². The molecule has 0 bridgehead atoms. The summed E-state index contributed by atoms with van der Waals surface area (Å²) in [5.41, 5.74) is 1.45. The fourth-order valence-electron chi connectivity index (χ4n) is 2.59. The maximum atomic E-state index is 5.62. The van der Waals surface area contributed by atoms with Crippen molar-refractivity contribution in [1.82, 2.24) is 25.1 Å². The van der Waals surface area contributed by atoms with Crippen LogP contribution in [0.25, 0.3) is 22.8 Å². The lowest BCUT2D eigenvalue weighted by Crippen LogP contribution is -2.19. The van der Waals surface area contributed by atoms with E-state index in [2.05, 4.69) is 30.4 Å². The summed E-state index contributed by atoms with van der Waals surface area (Å²) in [5.74, 6) is 1.50. The number of aromatic nitrogens is 5. The van der Waals surface area contributed by atoms with Gasteiger partial charge in [-0.1, -0.05) is 5.16 Å². The predicted octanol–water partition coefficient (Wildman–Crippen LogP) is 2.18. The van der Waals surface area contributed by atoms with Gasteiger partial charge in [0.15, 0.2) is 0 Å². The zero-order valence-electron chi connectivity index (χ0n) is 12.9. The SMILES string of the molecule is c1cncc(-c2noc(-c3cncnc3NC[C@@H]3CCCO3)n2)c1. The van der Waals surface area contributed by atoms with Gasteiger partial charge in [-0.15, -0.1) is 0 Å². The summed E-state index contributed by atoms with van der Waals surface area (Å²) in [5, 5.41) is 7.29. The lowest BCUT2D eigenvalue weighted by atomic mass is 10.2. The Morgan fingerprint density at radius 3 is 3.08 bits per heavy atom. The lowest BCUT2D eigenvalue weighted by molar-refractivity contribution is 0.120. The molecule has 0 aliphatic carbocycles. The van der Waals surface area contributed by atoms with E-state index < -0.39 is 0 Å². The van der Waals surface area contributed by atoms with Crippen molar-refractivity contribution in [2.75, 3.05) is 18.5 Å². The van der Waals surface area contributed by atoms with Crippen LogP contribution in [0.5, 0.6) is 0 Å². The third-order valence-corrected chi connectivity index (χ3v) is 3.81. The van der Waals surface area contributed by atoms with Gasteiger partial charge in [-0.05, 0) is 25.0 Å². The Kier molecular flexibility index (Phi) is 4.11. The third kappa shape index (κ3) is 3.09. The van der Waals surface area contributed by atoms with Gasteiger partial charge < -0.3 is 14.6 Å². The molecule has 0 radical (unpaired) electrons. The normalized spacial score (nSPS) is 17.1. The van der Waals surface area contributed by atoms with E-state index in [-0.39, 0.29) is 6.10 Å². The average Bonchev–Trinajstić information content (AvgIpc) is 3.33. The zero-order chi connectivity index (χ0) is 16.2. The molecule has 0 saturated carbocycles. The number of ether oxygens (including phenoxy) is 1. The molecular formula is C16H16N6O2. The topological polar surface area (TPSA) is 98.9 Å². The molecule has 3 aromatic heterocycles. The Morgan fingerprint density at radius 1 is 1.25 bits per heavy atom. The van der Waals surface area contributed by atoms with Crippen LogP contribution in [0.3, 0.4) is 0 Å². The molecule has 1 saturated heterocycles. The molecule has 1 aliphatic heterocycles. The number of pyridine rings is 1. The maximum absolute atomic E-state index is 5.62. The van der Waals surface area contributed by atoms with Crippen LogP contribution in [0.15, 0.2) is 41.6 Å². The number of hydrogen-bond donors (Lipinski definition) is 1. The molecule has 1 atom stereocenters. The molecule has 1 N–H and O–H groups in total. The van der Waals surface area contributed by atoms with Gasteiger partial charge in [-0.2, -0.15) is 4.98 Å². The fourth-order valence-corrected chi connectivity index (χ4v) is 2.59. The van der Waals surface area contributed by atoms with E-state index in [0.717, 1.165) is 25.0 Å². The van der Waals surface area contributed by atoms with Crippen molar-refractivity contribution in [3.05, 3.63) is 37.1 Å². The molecule has 8 heteroatoms. The van der Waals surface area contributed by atoms with Crippen molar-refractivity contribution < 1.29 is 9.26 Å². The van der Waals surface area contributed by atoms with Crippen LogP contribution in [0, 0.1) is 0 Å². The number of anilines is 1. The van der Waals surface area contributed by atoms with Crippen molar-refractivity contribution >= 4 is 5.82 Å². The molecule has 4 rings (SSSR count). The van der Waals surface area contributed by atoms with Crippen LogP contribution in [0.1, 0.15) is 12.8 Å². The van der Waals surface area contributed by atoms with Gasteiger partial charge >= 0.3 is 0 Å². The molecule has 3 aromatic rings. The van der Waals surface area contributed by atoms with Gasteiger partial charge in [0.2, 0.25) is 5.82 Å². The molecule has 0 spiro atoms. The first kappa shape index (κ1) is 14.7. The largest absolute Gasteiger partial charge is 0.376 e. The van der Waals surface area contributed by atoms with E-state index in [1.807, 2.05) is 12.1 Å². The molecule has 1 fully saturated rings. The number of nitrogens with one attached hydrogen (secondary N) is 1. The quantitative estimate of drug-likeness (QED) is 0.762. The Bertz CT molecular complexity index is 801. The number of rotatable bonds is 5. The summed E-state index contributed by atoms with van der Waals surface area (Å²) in [6.07, 6.45) is 8.89. The van der Waals surface area contributed by atoms with Gasteiger partial charge in [-0.3, -0.25) is 4.98 Å². The van der Waals surface area contributed by atoms with Gasteiger partial charge in [0.05, 0.1) is 6.10 Å². The van der Waals surface area contributed by atoms with E-state index in [1.54, 1.807) is 18.6 Å². The minimum Gasteiger partial charge on any atom is -0.376 e. The summed E-state index contributed by atoms with van der Waals surface area (Å²) in [4.78, 5) is 16.8. The molecule has 8 nitrogen and oxygen atoms in total. The van der Waals surface area contributed by atoms with Crippen molar-refractivity contribution in [3.8, 4) is 22.8 Å². The Hall–Kier alpha value is -2.87. The smallest absolute Gasteiger partial charge is 0.263 e. The summed E-state index contributed by atoms with van der Waals surface area (Å²) in [7, 11) is 0. The summed E-state index contributed by atoms with van der Waals surface area (Å²) in [6.45, 7) is 1.51. The molecule has 4 heterocycles. The summed E-state index contributed by atoms with van der Waals surface area (Å²) >= 11 is 0. The standard InChI is InChI=1S/C16H16N6O2/c1-3-11(7-17-5-1)14-21-16(24-22-14)13-9-18-10-20-15(13)19-8-12-4-2-6-23-12/h1,3,5,7,9-10,12H,2,4,6,8H2,(H,18,19,20)/t12-/m0/s1. The van der Waals surface area contributed by atoms with Crippen LogP contribution in [0.4, 0.5) is 5.82 Å². The second kappa shape index (κ2) is 6.71. The minimum atomic E-state index is 0.210. The second-order valence-electron chi connectivity index (χ2n) is 5.47. The highest BCUT2D eigenvalue weighted by molar-refractivity contribution is 5.69. The van der Waals surface area contributed by atoms with Crippen LogP contribution >= 0.6 is 0 Å². The lowest BCUT2D eigenvalue weighted by Gasteiger charge is -2.12. The van der Waals surface area contributed by atoms with Gasteiger partial charge in [0.25, 0.3) is 5.89 Å². The molecule has 0 amide bonds. The zero-order valence-corrected chi connectivity index (χ0v) is 12.9. The monoisotopic (exact) mass is 324 g/mol. The molecular weight excluding hydrogens is 308 g/mol. The summed E-state index contributed by atoms with van der Waals surface area (Å²) < 4.78 is 11.0. The summed E-state index contributed by atoms with van der Waals surface area (Å²) in [6, 6.07) is 3.70. The van der Waals surface area contributed by atoms with Crippen LogP contribution in [-0.4, -0.2) is 44.3 Å². The minimum absolute atomic E-state index is 0.210. The van der Waals surface area contributed by atoms with Crippen molar-refractivity contribution in [2.45, 2.75) is 18.9 Å². The highest BCUT2D eigenvalue weighted by Crippen LogP contribution is 2.26. The molecule has 0 unspecified atom stereocenters. The number of nitrogens with zero attached hydrogens (tertiary/aromatic N) is 5. The van der Waals surface area contributed by atoms with E-state index in [0.29, 0.717) is 29.6 Å². The van der Waals surface area contributed by atoms with Gasteiger partial charge in [0.1, 0.15) is 17.7 Å². The maximum Gasteiger partial charge on any atom is 0.263 e. The van der Waals surface area contributed by atoms with E-state index in [9.17, 15) is 0 Å². The van der Waals surface area contributed by atoms with Gasteiger partial charge in [0, 0.05) is 37.3 Å². The molecule has 24 heavy (non-hydrogen) atoms. The predicted molar refractivity (Wildman–Crippen MR) is 86.0 cm³/mol. The molecule has 122 valence electrons. The number of hydrogen-bond acceptors (Lipinski definition) is 8. The van der Waals surface area contributed by atoms with Crippen LogP contribution in [0.2, 0.25) is 0 Å². The second-order valence-corrected chi connectivity index (χ2v) is 5.47. The third-order valence-electron chi connectivity index (χ3n) is 3.81. The van der Waals surface area contributed by atoms with Crippen LogP contribution in [-0.2, 0) is 4.74 Å². The van der Waals surface area contributed by atoms with E-state index in [4.69, 9.17) is 9.26 Å². The Balaban J connectivity index is 1.56. The first-order valence-corrected chi connectivity index (χ1v) is 7.80. The van der Waals surface area contributed by atoms with Crippen molar-refractivity contribution in [2.24, 2.45) is 0 Å².